The molecule has 0 bridgehead atoms. The number of hydrogen-bond donors (Lipinski definition) is 2. The molecule has 4 rings (SSSR count). The SMILES string of the molecule is N#CC[C@H]1CN(c2nc(SCc3ccccc3)c3nc[nH]c3n2)CCN1. The highest BCUT2D eigenvalue weighted by Gasteiger charge is 2.22. The van der Waals surface area contributed by atoms with Gasteiger partial charge in [0.15, 0.2) is 5.65 Å². The molecule has 0 aliphatic carbocycles. The summed E-state index contributed by atoms with van der Waals surface area (Å²) in [6.45, 7) is 2.38. The van der Waals surface area contributed by atoms with Gasteiger partial charge in [0, 0.05) is 31.4 Å². The van der Waals surface area contributed by atoms with Crippen LogP contribution in [0.25, 0.3) is 11.2 Å². The van der Waals surface area contributed by atoms with Gasteiger partial charge >= 0.3 is 0 Å². The molecule has 1 aliphatic rings. The van der Waals surface area contributed by atoms with E-state index in [1.165, 1.54) is 5.56 Å². The maximum Gasteiger partial charge on any atom is 0.228 e. The fourth-order valence-corrected chi connectivity index (χ4v) is 3.95. The van der Waals surface area contributed by atoms with Crippen LogP contribution in [-0.4, -0.2) is 45.6 Å². The van der Waals surface area contributed by atoms with Gasteiger partial charge in [0.25, 0.3) is 0 Å². The van der Waals surface area contributed by atoms with Crippen LogP contribution in [0.15, 0.2) is 41.7 Å². The summed E-state index contributed by atoms with van der Waals surface area (Å²) < 4.78 is 0. The second-order valence-corrected chi connectivity index (χ2v) is 7.13. The van der Waals surface area contributed by atoms with E-state index >= 15 is 0 Å². The molecular weight excluding hydrogens is 346 g/mol. The number of aromatic amines is 1. The molecule has 1 fully saturated rings. The number of nitriles is 1. The minimum absolute atomic E-state index is 0.148. The molecule has 1 aromatic carbocycles. The lowest BCUT2D eigenvalue weighted by Gasteiger charge is -2.32. The number of rotatable bonds is 5. The molecular formula is C18H19N7S. The van der Waals surface area contributed by atoms with Crippen LogP contribution < -0.4 is 10.2 Å². The Hall–Kier alpha value is -2.63. The van der Waals surface area contributed by atoms with Crippen molar-refractivity contribution in [3.8, 4) is 6.07 Å². The standard InChI is InChI=1S/C18H19N7S/c19-7-6-14-10-25(9-8-20-14)18-23-16-15(21-12-22-16)17(24-18)26-11-13-4-2-1-3-5-13/h1-5,12,14,20H,6,8-11H2,(H,21,22,23,24)/t14-/m0/s1. The lowest BCUT2D eigenvalue weighted by atomic mass is 10.1. The Bertz CT molecular complexity index is 918. The van der Waals surface area contributed by atoms with E-state index in [4.69, 9.17) is 10.2 Å². The zero-order valence-corrected chi connectivity index (χ0v) is 15.0. The number of anilines is 1. The number of hydrogen-bond acceptors (Lipinski definition) is 7. The van der Waals surface area contributed by atoms with E-state index in [0.717, 1.165) is 41.6 Å². The quantitative estimate of drug-likeness (QED) is 0.529. The summed E-state index contributed by atoms with van der Waals surface area (Å²) in [6.07, 6.45) is 2.14. The molecule has 0 saturated carbocycles. The third-order valence-electron chi connectivity index (χ3n) is 4.33. The normalized spacial score (nSPS) is 17.3. The van der Waals surface area contributed by atoms with E-state index in [2.05, 4.69) is 43.4 Å². The van der Waals surface area contributed by atoms with Crippen molar-refractivity contribution in [1.82, 2.24) is 25.3 Å². The van der Waals surface area contributed by atoms with Crippen molar-refractivity contribution in [3.05, 3.63) is 42.2 Å². The van der Waals surface area contributed by atoms with E-state index in [9.17, 15) is 0 Å². The number of H-pyrrole nitrogens is 1. The topological polar surface area (TPSA) is 93.5 Å². The Morgan fingerprint density at radius 2 is 2.15 bits per heavy atom. The second-order valence-electron chi connectivity index (χ2n) is 6.16. The van der Waals surface area contributed by atoms with Crippen LogP contribution in [0, 0.1) is 11.3 Å². The molecule has 1 atom stereocenters. The molecule has 1 aliphatic heterocycles. The van der Waals surface area contributed by atoms with Crippen molar-refractivity contribution in [2.75, 3.05) is 24.5 Å². The van der Waals surface area contributed by atoms with Crippen molar-refractivity contribution in [1.29, 1.82) is 5.26 Å². The third-order valence-corrected chi connectivity index (χ3v) is 5.37. The minimum Gasteiger partial charge on any atom is -0.338 e. The largest absolute Gasteiger partial charge is 0.338 e. The molecule has 132 valence electrons. The van der Waals surface area contributed by atoms with Gasteiger partial charge in [-0.3, -0.25) is 0 Å². The fraction of sp³-hybridized carbons (Fsp3) is 0.333. The zero-order chi connectivity index (χ0) is 17.8. The summed E-state index contributed by atoms with van der Waals surface area (Å²) in [4.78, 5) is 19.1. The van der Waals surface area contributed by atoms with E-state index in [0.29, 0.717) is 12.4 Å². The fourth-order valence-electron chi connectivity index (χ4n) is 3.02. The van der Waals surface area contributed by atoms with Crippen LogP contribution in [0.3, 0.4) is 0 Å². The first-order valence-corrected chi connectivity index (χ1v) is 9.55. The average Bonchev–Trinajstić information content (AvgIpc) is 3.16. The van der Waals surface area contributed by atoms with Gasteiger partial charge in [-0.05, 0) is 5.56 Å². The highest BCUT2D eigenvalue weighted by Crippen LogP contribution is 2.28. The van der Waals surface area contributed by atoms with Crippen molar-refractivity contribution in [3.63, 3.8) is 0 Å². The first kappa shape index (κ1) is 16.8. The first-order valence-electron chi connectivity index (χ1n) is 8.56. The van der Waals surface area contributed by atoms with Crippen LogP contribution in [0.1, 0.15) is 12.0 Å². The van der Waals surface area contributed by atoms with Gasteiger partial charge in [-0.25, -0.2) is 9.97 Å². The molecule has 3 aromatic rings. The van der Waals surface area contributed by atoms with Gasteiger partial charge in [0.05, 0.1) is 18.8 Å². The zero-order valence-electron chi connectivity index (χ0n) is 14.2. The number of benzene rings is 1. The Kier molecular flexibility index (Phi) is 5.00. The third kappa shape index (κ3) is 3.64. The number of thioether (sulfide) groups is 1. The molecule has 0 spiro atoms. The first-order chi connectivity index (χ1) is 12.8. The van der Waals surface area contributed by atoms with E-state index in [-0.39, 0.29) is 6.04 Å². The van der Waals surface area contributed by atoms with Crippen LogP contribution in [0.2, 0.25) is 0 Å². The Morgan fingerprint density at radius 3 is 3.00 bits per heavy atom. The number of aromatic nitrogens is 4. The van der Waals surface area contributed by atoms with Gasteiger partial charge in [-0.2, -0.15) is 10.2 Å². The Balaban J connectivity index is 1.59. The van der Waals surface area contributed by atoms with Crippen molar-refractivity contribution in [2.45, 2.75) is 23.2 Å². The summed E-state index contributed by atoms with van der Waals surface area (Å²) in [7, 11) is 0. The van der Waals surface area contributed by atoms with Crippen LogP contribution in [0.4, 0.5) is 5.95 Å². The molecule has 2 N–H and O–H groups in total. The molecule has 26 heavy (non-hydrogen) atoms. The van der Waals surface area contributed by atoms with Gasteiger partial charge < -0.3 is 15.2 Å². The van der Waals surface area contributed by atoms with Crippen molar-refractivity contribution >= 4 is 28.9 Å². The molecule has 3 heterocycles. The molecule has 7 nitrogen and oxygen atoms in total. The molecule has 8 heteroatoms. The monoisotopic (exact) mass is 365 g/mol. The number of fused-ring (bicyclic) bond motifs is 1. The smallest absolute Gasteiger partial charge is 0.228 e. The molecule has 0 unspecified atom stereocenters. The van der Waals surface area contributed by atoms with Gasteiger partial charge in [0.1, 0.15) is 10.5 Å². The van der Waals surface area contributed by atoms with Gasteiger partial charge in [-0.15, -0.1) is 0 Å². The van der Waals surface area contributed by atoms with Crippen LogP contribution in [-0.2, 0) is 5.75 Å². The van der Waals surface area contributed by atoms with E-state index in [1.807, 2.05) is 18.2 Å². The minimum atomic E-state index is 0.148. The van der Waals surface area contributed by atoms with Crippen molar-refractivity contribution < 1.29 is 0 Å². The summed E-state index contributed by atoms with van der Waals surface area (Å²) >= 11 is 1.67. The highest BCUT2D eigenvalue weighted by atomic mass is 32.2. The van der Waals surface area contributed by atoms with Crippen LogP contribution in [0.5, 0.6) is 0 Å². The Morgan fingerprint density at radius 1 is 1.27 bits per heavy atom. The molecule has 0 amide bonds. The number of nitrogens with one attached hydrogen (secondary N) is 2. The second kappa shape index (κ2) is 7.72. The van der Waals surface area contributed by atoms with Crippen LogP contribution >= 0.6 is 11.8 Å². The summed E-state index contributed by atoms with van der Waals surface area (Å²) in [5, 5.41) is 13.2. The Labute approximate surface area is 155 Å². The number of nitrogens with zero attached hydrogens (tertiary/aromatic N) is 5. The van der Waals surface area contributed by atoms with E-state index < -0.39 is 0 Å². The predicted molar refractivity (Wildman–Crippen MR) is 102 cm³/mol. The summed E-state index contributed by atoms with van der Waals surface area (Å²) in [5.41, 5.74) is 2.80. The molecule has 2 aromatic heterocycles. The number of piperazine rings is 1. The highest BCUT2D eigenvalue weighted by molar-refractivity contribution is 7.98. The average molecular weight is 365 g/mol. The van der Waals surface area contributed by atoms with E-state index in [1.54, 1.807) is 18.1 Å². The maximum atomic E-state index is 8.95. The predicted octanol–water partition coefficient (Wildman–Crippen LogP) is 2.34. The molecule has 0 radical (unpaired) electrons. The summed E-state index contributed by atoms with van der Waals surface area (Å²) in [6, 6.07) is 12.7. The van der Waals surface area contributed by atoms with Gasteiger partial charge in [-0.1, -0.05) is 42.1 Å². The number of imidazole rings is 1. The lowest BCUT2D eigenvalue weighted by molar-refractivity contribution is 0.458. The van der Waals surface area contributed by atoms with Gasteiger partial charge in [0.2, 0.25) is 5.95 Å². The maximum absolute atomic E-state index is 8.95. The summed E-state index contributed by atoms with van der Waals surface area (Å²) in [5.74, 6) is 1.53. The molecule has 1 saturated heterocycles. The van der Waals surface area contributed by atoms with Crippen molar-refractivity contribution in [2.24, 2.45) is 0 Å². The lowest BCUT2D eigenvalue weighted by Crippen LogP contribution is -2.51.